The molecular weight excluding hydrogens is 308 g/mol. The molecule has 2 aromatic heterocycles. The Hall–Kier alpha value is -2.67. The average Bonchev–Trinajstić information content (AvgIpc) is 2.56. The molecule has 0 saturated heterocycles. The molecule has 7 heteroatoms. The van der Waals surface area contributed by atoms with Crippen LogP contribution in [0.4, 0.5) is 17.6 Å². The molecule has 0 amide bonds. The van der Waals surface area contributed by atoms with E-state index in [-0.39, 0.29) is 5.95 Å². The number of nitrogens with two attached hydrogens (primary N) is 1. The van der Waals surface area contributed by atoms with Crippen LogP contribution in [0, 0.1) is 6.92 Å². The standard InChI is InChI=1S/C16H16N6S/c1-11-6-2-3-7-12(11)19-16-21-13(20-15(17)22-16)10-23-14-8-4-5-9-18-14/h2-9H,10H2,1H3,(H3,17,19,20,21,22). The first-order valence-electron chi connectivity index (χ1n) is 7.07. The average molecular weight is 324 g/mol. The number of nitrogens with zero attached hydrogens (tertiary/aromatic N) is 4. The molecule has 0 atom stereocenters. The van der Waals surface area contributed by atoms with Crippen molar-refractivity contribution in [1.82, 2.24) is 19.9 Å². The summed E-state index contributed by atoms with van der Waals surface area (Å²) < 4.78 is 0. The van der Waals surface area contributed by atoms with Crippen molar-refractivity contribution in [3.63, 3.8) is 0 Å². The minimum absolute atomic E-state index is 0.202. The molecule has 0 spiro atoms. The lowest BCUT2D eigenvalue weighted by Gasteiger charge is -2.09. The van der Waals surface area contributed by atoms with Gasteiger partial charge in [-0.05, 0) is 30.7 Å². The van der Waals surface area contributed by atoms with Crippen LogP contribution in [0.5, 0.6) is 0 Å². The molecule has 3 rings (SSSR count). The SMILES string of the molecule is Cc1ccccc1Nc1nc(N)nc(CSc2ccccn2)n1. The Balaban J connectivity index is 1.75. The highest BCUT2D eigenvalue weighted by Crippen LogP contribution is 2.21. The van der Waals surface area contributed by atoms with Gasteiger partial charge in [-0.2, -0.15) is 15.0 Å². The normalized spacial score (nSPS) is 10.5. The van der Waals surface area contributed by atoms with Crippen LogP contribution >= 0.6 is 11.8 Å². The first kappa shape index (κ1) is 15.2. The minimum atomic E-state index is 0.202. The molecule has 0 fully saturated rings. The van der Waals surface area contributed by atoms with Gasteiger partial charge in [0.2, 0.25) is 11.9 Å². The van der Waals surface area contributed by atoms with Gasteiger partial charge in [0.25, 0.3) is 0 Å². The molecule has 23 heavy (non-hydrogen) atoms. The van der Waals surface area contributed by atoms with Gasteiger partial charge < -0.3 is 11.1 Å². The molecule has 0 radical (unpaired) electrons. The van der Waals surface area contributed by atoms with Gasteiger partial charge in [0.15, 0.2) is 0 Å². The van der Waals surface area contributed by atoms with Gasteiger partial charge in [-0.1, -0.05) is 36.0 Å². The Kier molecular flexibility index (Phi) is 4.68. The molecule has 0 saturated carbocycles. The monoisotopic (exact) mass is 324 g/mol. The predicted molar refractivity (Wildman–Crippen MR) is 92.5 cm³/mol. The minimum Gasteiger partial charge on any atom is -0.368 e. The van der Waals surface area contributed by atoms with Gasteiger partial charge in [-0.15, -0.1) is 0 Å². The second-order valence-corrected chi connectivity index (χ2v) is 5.83. The summed E-state index contributed by atoms with van der Waals surface area (Å²) in [6.45, 7) is 2.02. The Morgan fingerprint density at radius 2 is 1.87 bits per heavy atom. The third-order valence-corrected chi connectivity index (χ3v) is 4.02. The number of pyridine rings is 1. The van der Waals surface area contributed by atoms with Crippen LogP contribution in [0.2, 0.25) is 0 Å². The van der Waals surface area contributed by atoms with E-state index in [4.69, 9.17) is 5.73 Å². The molecule has 0 aliphatic rings. The van der Waals surface area contributed by atoms with Crippen LogP contribution in [0.1, 0.15) is 11.4 Å². The Labute approximate surface area is 138 Å². The van der Waals surface area contributed by atoms with E-state index >= 15 is 0 Å². The zero-order valence-electron chi connectivity index (χ0n) is 12.6. The molecule has 0 aliphatic carbocycles. The number of nitrogens with one attached hydrogen (secondary N) is 1. The van der Waals surface area contributed by atoms with E-state index in [0.29, 0.717) is 17.5 Å². The van der Waals surface area contributed by atoms with Crippen molar-refractivity contribution >= 4 is 29.3 Å². The summed E-state index contributed by atoms with van der Waals surface area (Å²) in [4.78, 5) is 17.0. The number of rotatable bonds is 5. The maximum absolute atomic E-state index is 5.79. The van der Waals surface area contributed by atoms with Crippen molar-refractivity contribution in [3.8, 4) is 0 Å². The Morgan fingerprint density at radius 3 is 2.65 bits per heavy atom. The fourth-order valence-electron chi connectivity index (χ4n) is 1.96. The van der Waals surface area contributed by atoms with Crippen LogP contribution < -0.4 is 11.1 Å². The van der Waals surface area contributed by atoms with E-state index in [1.54, 1.807) is 18.0 Å². The number of nitrogen functional groups attached to an aromatic ring is 1. The van der Waals surface area contributed by atoms with Gasteiger partial charge in [-0.3, -0.25) is 0 Å². The molecule has 116 valence electrons. The van der Waals surface area contributed by atoms with Crippen LogP contribution in [-0.4, -0.2) is 19.9 Å². The Bertz CT molecular complexity index is 794. The summed E-state index contributed by atoms with van der Waals surface area (Å²) in [6.07, 6.45) is 1.76. The predicted octanol–water partition coefficient (Wildman–Crippen LogP) is 3.19. The third kappa shape index (κ3) is 4.17. The number of hydrogen-bond donors (Lipinski definition) is 2. The number of anilines is 3. The lowest BCUT2D eigenvalue weighted by Crippen LogP contribution is -2.07. The Morgan fingerprint density at radius 1 is 1.04 bits per heavy atom. The summed E-state index contributed by atoms with van der Waals surface area (Å²) >= 11 is 1.55. The highest BCUT2D eigenvalue weighted by atomic mass is 32.2. The van der Waals surface area contributed by atoms with E-state index in [1.165, 1.54) is 0 Å². The molecule has 0 aliphatic heterocycles. The lowest BCUT2D eigenvalue weighted by atomic mass is 10.2. The summed E-state index contributed by atoms with van der Waals surface area (Å²) in [5, 5.41) is 4.10. The molecule has 0 bridgehead atoms. The number of aromatic nitrogens is 4. The maximum Gasteiger partial charge on any atom is 0.232 e. The third-order valence-electron chi connectivity index (χ3n) is 3.08. The smallest absolute Gasteiger partial charge is 0.232 e. The van der Waals surface area contributed by atoms with Crippen molar-refractivity contribution in [2.24, 2.45) is 0 Å². The second-order valence-electron chi connectivity index (χ2n) is 4.83. The molecule has 6 nitrogen and oxygen atoms in total. The summed E-state index contributed by atoms with van der Waals surface area (Å²) in [5.41, 5.74) is 7.85. The highest BCUT2D eigenvalue weighted by molar-refractivity contribution is 7.98. The topological polar surface area (TPSA) is 89.6 Å². The number of hydrogen-bond acceptors (Lipinski definition) is 7. The van der Waals surface area contributed by atoms with Crippen LogP contribution in [0.15, 0.2) is 53.7 Å². The lowest BCUT2D eigenvalue weighted by molar-refractivity contribution is 0.979. The number of thioether (sulfide) groups is 1. The van der Waals surface area contributed by atoms with Gasteiger partial charge in [0.05, 0.1) is 10.8 Å². The van der Waals surface area contributed by atoms with Crippen LogP contribution in [-0.2, 0) is 5.75 Å². The number of para-hydroxylation sites is 1. The largest absolute Gasteiger partial charge is 0.368 e. The quantitative estimate of drug-likeness (QED) is 0.697. The van der Waals surface area contributed by atoms with Crippen molar-refractivity contribution in [1.29, 1.82) is 0 Å². The summed E-state index contributed by atoms with van der Waals surface area (Å²) in [5.74, 6) is 1.84. The van der Waals surface area contributed by atoms with Gasteiger partial charge in [0, 0.05) is 11.9 Å². The van der Waals surface area contributed by atoms with E-state index in [9.17, 15) is 0 Å². The molecule has 0 unspecified atom stereocenters. The second kappa shape index (κ2) is 7.06. The molecule has 3 N–H and O–H groups in total. The van der Waals surface area contributed by atoms with Gasteiger partial charge >= 0.3 is 0 Å². The fourth-order valence-corrected chi connectivity index (χ4v) is 2.68. The van der Waals surface area contributed by atoms with Crippen molar-refractivity contribution < 1.29 is 0 Å². The first-order valence-corrected chi connectivity index (χ1v) is 8.06. The van der Waals surface area contributed by atoms with Crippen LogP contribution in [0.25, 0.3) is 0 Å². The van der Waals surface area contributed by atoms with Crippen LogP contribution in [0.3, 0.4) is 0 Å². The van der Waals surface area contributed by atoms with E-state index < -0.39 is 0 Å². The van der Waals surface area contributed by atoms with E-state index in [2.05, 4.69) is 25.3 Å². The molecule has 3 aromatic rings. The maximum atomic E-state index is 5.79. The van der Waals surface area contributed by atoms with Crippen molar-refractivity contribution in [2.75, 3.05) is 11.1 Å². The van der Waals surface area contributed by atoms with E-state index in [1.807, 2.05) is 49.4 Å². The van der Waals surface area contributed by atoms with Crippen molar-refractivity contribution in [2.45, 2.75) is 17.7 Å². The van der Waals surface area contributed by atoms with Gasteiger partial charge in [0.1, 0.15) is 5.82 Å². The molecule has 1 aromatic carbocycles. The fraction of sp³-hybridized carbons (Fsp3) is 0.125. The molecular formula is C16H16N6S. The molecule has 2 heterocycles. The number of benzene rings is 1. The summed E-state index contributed by atoms with van der Waals surface area (Å²) in [6, 6.07) is 13.7. The summed E-state index contributed by atoms with van der Waals surface area (Å²) in [7, 11) is 0. The van der Waals surface area contributed by atoms with Crippen molar-refractivity contribution in [3.05, 3.63) is 60.0 Å². The number of aryl methyl sites for hydroxylation is 1. The van der Waals surface area contributed by atoms with Gasteiger partial charge in [-0.25, -0.2) is 4.98 Å². The highest BCUT2D eigenvalue weighted by Gasteiger charge is 2.07. The zero-order chi connectivity index (χ0) is 16.1. The zero-order valence-corrected chi connectivity index (χ0v) is 13.4. The first-order chi connectivity index (χ1) is 11.2. The van der Waals surface area contributed by atoms with E-state index in [0.717, 1.165) is 16.3 Å².